The van der Waals surface area contributed by atoms with Gasteiger partial charge in [-0.05, 0) is 49.7 Å². The fraction of sp³-hybridized carbons (Fsp3) is 0.263. The van der Waals surface area contributed by atoms with Crippen molar-refractivity contribution in [3.63, 3.8) is 0 Å². The van der Waals surface area contributed by atoms with E-state index >= 15 is 0 Å². The van der Waals surface area contributed by atoms with E-state index in [9.17, 15) is 5.26 Å². The minimum absolute atomic E-state index is 0.272. The standard InChI is InChI=1S/C19H17N3O2/c1-12-5-6-22-17(9-12)21-18(19(22)13(2)11-20)14-3-4-15-16(10-14)24-8-7-23-15/h3-6,9-10,13H,7-8H2,1-2H3. The van der Waals surface area contributed by atoms with Gasteiger partial charge in [-0.3, -0.25) is 0 Å². The van der Waals surface area contributed by atoms with Crippen LogP contribution in [0, 0.1) is 18.3 Å². The van der Waals surface area contributed by atoms with Crippen molar-refractivity contribution >= 4 is 5.65 Å². The second-order valence-corrected chi connectivity index (χ2v) is 5.99. The van der Waals surface area contributed by atoms with Crippen LogP contribution in [0.3, 0.4) is 0 Å². The second-order valence-electron chi connectivity index (χ2n) is 5.99. The van der Waals surface area contributed by atoms with Crippen molar-refractivity contribution in [1.82, 2.24) is 9.38 Å². The lowest BCUT2D eigenvalue weighted by Crippen LogP contribution is -2.15. The van der Waals surface area contributed by atoms with E-state index in [4.69, 9.17) is 14.5 Å². The molecule has 1 aromatic carbocycles. The summed E-state index contributed by atoms with van der Waals surface area (Å²) < 4.78 is 13.3. The Hall–Kier alpha value is -3.00. The number of imidazole rings is 1. The van der Waals surface area contributed by atoms with Crippen LogP contribution in [-0.4, -0.2) is 22.6 Å². The largest absolute Gasteiger partial charge is 0.486 e. The van der Waals surface area contributed by atoms with E-state index in [1.807, 2.05) is 54.8 Å². The predicted octanol–water partition coefficient (Wildman–Crippen LogP) is 3.71. The third-order valence-electron chi connectivity index (χ3n) is 4.24. The van der Waals surface area contributed by atoms with Crippen LogP contribution in [0.4, 0.5) is 0 Å². The van der Waals surface area contributed by atoms with Crippen molar-refractivity contribution in [2.75, 3.05) is 13.2 Å². The average molecular weight is 319 g/mol. The van der Waals surface area contributed by atoms with Crippen molar-refractivity contribution in [3.05, 3.63) is 47.8 Å². The minimum atomic E-state index is -0.272. The van der Waals surface area contributed by atoms with Crippen molar-refractivity contribution in [1.29, 1.82) is 5.26 Å². The first-order valence-corrected chi connectivity index (χ1v) is 7.95. The van der Waals surface area contributed by atoms with Crippen molar-refractivity contribution < 1.29 is 9.47 Å². The van der Waals surface area contributed by atoms with Crippen LogP contribution in [0.15, 0.2) is 36.5 Å². The summed E-state index contributed by atoms with van der Waals surface area (Å²) in [5, 5.41) is 9.45. The molecule has 24 heavy (non-hydrogen) atoms. The highest BCUT2D eigenvalue weighted by Gasteiger charge is 2.21. The molecule has 1 unspecified atom stereocenters. The van der Waals surface area contributed by atoms with Gasteiger partial charge in [0, 0.05) is 11.8 Å². The Bertz CT molecular complexity index is 969. The zero-order valence-electron chi connectivity index (χ0n) is 13.6. The Morgan fingerprint density at radius 1 is 1.17 bits per heavy atom. The number of hydrogen-bond acceptors (Lipinski definition) is 4. The van der Waals surface area contributed by atoms with Gasteiger partial charge in [-0.2, -0.15) is 5.26 Å². The molecule has 0 radical (unpaired) electrons. The van der Waals surface area contributed by atoms with E-state index in [0.29, 0.717) is 13.2 Å². The summed E-state index contributed by atoms with van der Waals surface area (Å²) in [4.78, 5) is 4.78. The predicted molar refractivity (Wildman–Crippen MR) is 90.4 cm³/mol. The third-order valence-corrected chi connectivity index (χ3v) is 4.24. The number of aromatic nitrogens is 2. The van der Waals surface area contributed by atoms with Crippen LogP contribution >= 0.6 is 0 Å². The van der Waals surface area contributed by atoms with Gasteiger partial charge in [-0.15, -0.1) is 0 Å². The molecule has 0 aliphatic carbocycles. The van der Waals surface area contributed by atoms with E-state index in [2.05, 4.69) is 6.07 Å². The molecule has 0 N–H and O–H groups in total. The van der Waals surface area contributed by atoms with Gasteiger partial charge in [-0.1, -0.05) is 0 Å². The van der Waals surface area contributed by atoms with Crippen LogP contribution in [0.2, 0.25) is 0 Å². The molecule has 0 amide bonds. The number of aryl methyl sites for hydroxylation is 1. The smallest absolute Gasteiger partial charge is 0.162 e. The third kappa shape index (κ3) is 2.28. The highest BCUT2D eigenvalue weighted by Crippen LogP contribution is 2.37. The number of nitrogens with zero attached hydrogens (tertiary/aromatic N) is 3. The Kier molecular flexibility index (Phi) is 3.39. The highest BCUT2D eigenvalue weighted by molar-refractivity contribution is 5.70. The minimum Gasteiger partial charge on any atom is -0.486 e. The molecule has 2 aromatic heterocycles. The molecule has 5 nitrogen and oxygen atoms in total. The van der Waals surface area contributed by atoms with Gasteiger partial charge in [0.05, 0.1) is 23.4 Å². The van der Waals surface area contributed by atoms with E-state index < -0.39 is 0 Å². The summed E-state index contributed by atoms with van der Waals surface area (Å²) in [5.41, 5.74) is 4.61. The van der Waals surface area contributed by atoms with E-state index in [1.54, 1.807) is 0 Å². The summed E-state index contributed by atoms with van der Waals surface area (Å²) in [7, 11) is 0. The molecule has 0 spiro atoms. The number of nitriles is 1. The molecule has 5 heteroatoms. The van der Waals surface area contributed by atoms with Gasteiger partial charge in [0.1, 0.15) is 18.9 Å². The Morgan fingerprint density at radius 2 is 1.96 bits per heavy atom. The Labute approximate surface area is 140 Å². The molecule has 120 valence electrons. The maximum Gasteiger partial charge on any atom is 0.162 e. The number of pyridine rings is 1. The zero-order valence-corrected chi connectivity index (χ0v) is 13.6. The van der Waals surface area contributed by atoms with E-state index in [-0.39, 0.29) is 5.92 Å². The first kappa shape index (κ1) is 14.6. The van der Waals surface area contributed by atoms with Crippen molar-refractivity contribution in [2.45, 2.75) is 19.8 Å². The van der Waals surface area contributed by atoms with Gasteiger partial charge in [0.25, 0.3) is 0 Å². The summed E-state index contributed by atoms with van der Waals surface area (Å²) in [6, 6.07) is 12.2. The number of benzene rings is 1. The van der Waals surface area contributed by atoms with Crippen LogP contribution < -0.4 is 9.47 Å². The molecular weight excluding hydrogens is 302 g/mol. The lowest BCUT2D eigenvalue weighted by Gasteiger charge is -2.18. The lowest BCUT2D eigenvalue weighted by molar-refractivity contribution is 0.171. The summed E-state index contributed by atoms with van der Waals surface area (Å²) >= 11 is 0. The average Bonchev–Trinajstić information content (AvgIpc) is 2.99. The molecule has 0 saturated carbocycles. The maximum absolute atomic E-state index is 9.45. The molecular formula is C19H17N3O2. The fourth-order valence-corrected chi connectivity index (χ4v) is 3.04. The molecule has 1 aliphatic rings. The van der Waals surface area contributed by atoms with E-state index in [0.717, 1.165) is 39.7 Å². The fourth-order valence-electron chi connectivity index (χ4n) is 3.04. The monoisotopic (exact) mass is 319 g/mol. The Balaban J connectivity index is 1.94. The number of hydrogen-bond donors (Lipinski definition) is 0. The molecule has 3 heterocycles. The van der Waals surface area contributed by atoms with Crippen molar-refractivity contribution in [3.8, 4) is 28.8 Å². The van der Waals surface area contributed by atoms with Gasteiger partial charge in [0.15, 0.2) is 11.5 Å². The van der Waals surface area contributed by atoms with Crippen LogP contribution in [0.25, 0.3) is 16.9 Å². The first-order chi connectivity index (χ1) is 11.7. The quantitative estimate of drug-likeness (QED) is 0.722. The van der Waals surface area contributed by atoms with Gasteiger partial charge in [-0.25, -0.2) is 4.98 Å². The summed E-state index contributed by atoms with van der Waals surface area (Å²) in [5.74, 6) is 1.20. The molecule has 1 atom stereocenters. The van der Waals surface area contributed by atoms with Crippen molar-refractivity contribution in [2.24, 2.45) is 0 Å². The number of ether oxygens (including phenoxy) is 2. The second kappa shape index (κ2) is 5.57. The molecule has 3 aromatic rings. The molecule has 0 fully saturated rings. The van der Waals surface area contributed by atoms with Crippen LogP contribution in [-0.2, 0) is 0 Å². The first-order valence-electron chi connectivity index (χ1n) is 7.95. The summed E-state index contributed by atoms with van der Waals surface area (Å²) in [6.07, 6.45) is 1.97. The topological polar surface area (TPSA) is 59.5 Å². The number of rotatable bonds is 2. The van der Waals surface area contributed by atoms with E-state index in [1.165, 1.54) is 0 Å². The maximum atomic E-state index is 9.45. The van der Waals surface area contributed by atoms with Crippen LogP contribution in [0.1, 0.15) is 24.1 Å². The lowest BCUT2D eigenvalue weighted by atomic mass is 10.0. The Morgan fingerprint density at radius 3 is 2.75 bits per heavy atom. The normalized spacial score (nSPS) is 14.4. The number of fused-ring (bicyclic) bond motifs is 2. The molecule has 0 bridgehead atoms. The highest BCUT2D eigenvalue weighted by atomic mass is 16.6. The zero-order chi connectivity index (χ0) is 16.7. The van der Waals surface area contributed by atoms with Gasteiger partial charge >= 0.3 is 0 Å². The summed E-state index contributed by atoms with van der Waals surface area (Å²) in [6.45, 7) is 5.04. The van der Waals surface area contributed by atoms with Crippen LogP contribution in [0.5, 0.6) is 11.5 Å². The molecule has 1 aliphatic heterocycles. The SMILES string of the molecule is Cc1ccn2c(C(C)C#N)c(-c3ccc4c(c3)OCCO4)nc2c1. The molecule has 0 saturated heterocycles. The molecule has 4 rings (SSSR count). The van der Waals surface area contributed by atoms with Gasteiger partial charge in [0.2, 0.25) is 0 Å². The van der Waals surface area contributed by atoms with Gasteiger partial charge < -0.3 is 13.9 Å².